The summed E-state index contributed by atoms with van der Waals surface area (Å²) in [6.07, 6.45) is 3.88. The zero-order valence-electron chi connectivity index (χ0n) is 12.0. The summed E-state index contributed by atoms with van der Waals surface area (Å²) in [5.74, 6) is -0.665. The predicted octanol–water partition coefficient (Wildman–Crippen LogP) is 1.71. The average Bonchev–Trinajstić information content (AvgIpc) is 2.47. The maximum Gasteiger partial charge on any atom is 0.246 e. The Bertz CT molecular complexity index is 698. The highest BCUT2D eigenvalue weighted by Gasteiger charge is 2.24. The fourth-order valence-electron chi connectivity index (χ4n) is 2.15. The molecule has 0 N–H and O–H groups in total. The molecular formula is C14H16BrFN2O3S. The molecule has 1 saturated heterocycles. The van der Waals surface area contributed by atoms with Gasteiger partial charge >= 0.3 is 0 Å². The Morgan fingerprint density at radius 2 is 1.91 bits per heavy atom. The van der Waals surface area contributed by atoms with Crippen molar-refractivity contribution in [1.82, 2.24) is 9.21 Å². The van der Waals surface area contributed by atoms with Gasteiger partial charge in [0.1, 0.15) is 5.82 Å². The molecule has 1 aromatic rings. The van der Waals surface area contributed by atoms with Crippen LogP contribution in [0.25, 0.3) is 6.08 Å². The standard InChI is InChI=1S/C14H16BrFN2O3S/c1-22(20,21)18-8-6-17(7-9-18)14(19)5-2-11-10-12(15)3-4-13(11)16/h2-5,10H,6-9H2,1H3/b5-2+. The maximum absolute atomic E-state index is 13.6. The second kappa shape index (κ2) is 6.89. The number of hydrogen-bond donors (Lipinski definition) is 0. The van der Waals surface area contributed by atoms with Gasteiger partial charge in [-0.25, -0.2) is 12.8 Å². The SMILES string of the molecule is CS(=O)(=O)N1CCN(C(=O)/C=C/c2cc(Br)ccc2F)CC1. The number of halogens is 2. The van der Waals surface area contributed by atoms with Crippen molar-refractivity contribution in [3.63, 3.8) is 0 Å². The Labute approximate surface area is 137 Å². The molecule has 0 atom stereocenters. The molecule has 0 radical (unpaired) electrons. The van der Waals surface area contributed by atoms with E-state index in [1.54, 1.807) is 17.0 Å². The van der Waals surface area contributed by atoms with Crippen LogP contribution in [0.1, 0.15) is 5.56 Å². The van der Waals surface area contributed by atoms with Crippen LogP contribution < -0.4 is 0 Å². The second-order valence-electron chi connectivity index (χ2n) is 4.99. The van der Waals surface area contributed by atoms with Crippen LogP contribution in [0, 0.1) is 5.82 Å². The van der Waals surface area contributed by atoms with Gasteiger partial charge < -0.3 is 4.90 Å². The van der Waals surface area contributed by atoms with Gasteiger partial charge in [0.05, 0.1) is 6.26 Å². The molecule has 2 rings (SSSR count). The number of nitrogens with zero attached hydrogens (tertiary/aromatic N) is 2. The van der Waals surface area contributed by atoms with E-state index in [1.807, 2.05) is 0 Å². The molecule has 0 spiro atoms. The van der Waals surface area contributed by atoms with Crippen LogP contribution >= 0.6 is 15.9 Å². The Morgan fingerprint density at radius 3 is 2.50 bits per heavy atom. The molecule has 1 aromatic carbocycles. The number of carbonyl (C=O) groups is 1. The molecule has 1 heterocycles. The van der Waals surface area contributed by atoms with Crippen LogP contribution in [0.5, 0.6) is 0 Å². The first-order chi connectivity index (χ1) is 10.3. The van der Waals surface area contributed by atoms with E-state index in [9.17, 15) is 17.6 Å². The summed E-state index contributed by atoms with van der Waals surface area (Å²) < 4.78 is 38.5. The lowest BCUT2D eigenvalue weighted by Gasteiger charge is -2.32. The summed E-state index contributed by atoms with van der Waals surface area (Å²) in [4.78, 5) is 13.6. The molecule has 0 unspecified atom stereocenters. The molecule has 5 nitrogen and oxygen atoms in total. The minimum absolute atomic E-state index is 0.257. The zero-order chi connectivity index (χ0) is 16.3. The molecular weight excluding hydrogens is 375 g/mol. The number of sulfonamides is 1. The maximum atomic E-state index is 13.6. The van der Waals surface area contributed by atoms with Gasteiger partial charge in [0.2, 0.25) is 15.9 Å². The van der Waals surface area contributed by atoms with E-state index in [4.69, 9.17) is 0 Å². The predicted molar refractivity (Wildman–Crippen MR) is 86.1 cm³/mol. The summed E-state index contributed by atoms with van der Waals surface area (Å²) in [7, 11) is -3.22. The highest BCUT2D eigenvalue weighted by atomic mass is 79.9. The summed E-state index contributed by atoms with van der Waals surface area (Å²) in [5.41, 5.74) is 0.317. The quantitative estimate of drug-likeness (QED) is 0.738. The van der Waals surface area contributed by atoms with Crippen molar-refractivity contribution >= 4 is 37.9 Å². The van der Waals surface area contributed by atoms with Crippen molar-refractivity contribution in [2.45, 2.75) is 0 Å². The fraction of sp³-hybridized carbons (Fsp3) is 0.357. The van der Waals surface area contributed by atoms with Crippen LogP contribution in [-0.2, 0) is 14.8 Å². The van der Waals surface area contributed by atoms with Crippen molar-refractivity contribution in [1.29, 1.82) is 0 Å². The lowest BCUT2D eigenvalue weighted by molar-refractivity contribution is -0.127. The lowest BCUT2D eigenvalue weighted by atomic mass is 10.2. The summed E-state index contributed by atoms with van der Waals surface area (Å²) in [6, 6.07) is 4.48. The third-order valence-corrected chi connectivity index (χ3v) is 5.18. The molecule has 0 aliphatic carbocycles. The molecule has 1 fully saturated rings. The van der Waals surface area contributed by atoms with E-state index in [0.29, 0.717) is 18.7 Å². The van der Waals surface area contributed by atoms with Gasteiger partial charge in [0.15, 0.2) is 0 Å². The molecule has 0 aromatic heterocycles. The van der Waals surface area contributed by atoms with Crippen LogP contribution in [0.2, 0.25) is 0 Å². The van der Waals surface area contributed by atoms with Gasteiger partial charge in [-0.1, -0.05) is 15.9 Å². The first-order valence-electron chi connectivity index (χ1n) is 6.64. The topological polar surface area (TPSA) is 57.7 Å². The van der Waals surface area contributed by atoms with E-state index in [2.05, 4.69) is 15.9 Å². The van der Waals surface area contributed by atoms with Crippen molar-refractivity contribution in [2.75, 3.05) is 32.4 Å². The first-order valence-corrected chi connectivity index (χ1v) is 9.28. The van der Waals surface area contributed by atoms with E-state index in [0.717, 1.165) is 10.7 Å². The second-order valence-corrected chi connectivity index (χ2v) is 7.88. The number of amides is 1. The normalized spacial score (nSPS) is 17.1. The molecule has 8 heteroatoms. The van der Waals surface area contributed by atoms with E-state index < -0.39 is 15.8 Å². The van der Waals surface area contributed by atoms with Crippen LogP contribution in [0.4, 0.5) is 4.39 Å². The van der Waals surface area contributed by atoms with Crippen molar-refractivity contribution in [3.8, 4) is 0 Å². The molecule has 0 saturated carbocycles. The molecule has 22 heavy (non-hydrogen) atoms. The van der Waals surface area contributed by atoms with Crippen molar-refractivity contribution < 1.29 is 17.6 Å². The summed E-state index contributed by atoms with van der Waals surface area (Å²) in [5, 5.41) is 0. The summed E-state index contributed by atoms with van der Waals surface area (Å²) in [6.45, 7) is 1.22. The van der Waals surface area contributed by atoms with Gasteiger partial charge in [-0.2, -0.15) is 4.31 Å². The third-order valence-electron chi connectivity index (χ3n) is 3.38. The highest BCUT2D eigenvalue weighted by Crippen LogP contribution is 2.17. The highest BCUT2D eigenvalue weighted by molar-refractivity contribution is 9.10. The van der Waals surface area contributed by atoms with Gasteiger partial charge in [0, 0.05) is 42.3 Å². The molecule has 1 amide bonds. The number of benzene rings is 1. The van der Waals surface area contributed by atoms with Crippen molar-refractivity contribution in [2.24, 2.45) is 0 Å². The van der Waals surface area contributed by atoms with Gasteiger partial charge in [-0.3, -0.25) is 4.79 Å². The third kappa shape index (κ3) is 4.37. The van der Waals surface area contributed by atoms with E-state index in [1.165, 1.54) is 22.5 Å². The smallest absolute Gasteiger partial charge is 0.246 e. The Kier molecular flexibility index (Phi) is 5.36. The van der Waals surface area contributed by atoms with Gasteiger partial charge in [0.25, 0.3) is 0 Å². The Hall–Kier alpha value is -1.25. The minimum Gasteiger partial charge on any atom is -0.337 e. The Balaban J connectivity index is 1.99. The van der Waals surface area contributed by atoms with Crippen LogP contribution in [-0.4, -0.2) is 56.0 Å². The average molecular weight is 391 g/mol. The zero-order valence-corrected chi connectivity index (χ0v) is 14.4. The fourth-order valence-corrected chi connectivity index (χ4v) is 3.35. The van der Waals surface area contributed by atoms with E-state index in [-0.39, 0.29) is 19.0 Å². The van der Waals surface area contributed by atoms with Gasteiger partial charge in [-0.05, 0) is 24.3 Å². The number of rotatable bonds is 3. The number of piperazine rings is 1. The largest absolute Gasteiger partial charge is 0.337 e. The summed E-state index contributed by atoms with van der Waals surface area (Å²) >= 11 is 3.25. The number of carbonyl (C=O) groups excluding carboxylic acids is 1. The Morgan fingerprint density at radius 1 is 1.27 bits per heavy atom. The van der Waals surface area contributed by atoms with Crippen LogP contribution in [0.3, 0.4) is 0 Å². The number of hydrogen-bond acceptors (Lipinski definition) is 3. The minimum atomic E-state index is -3.22. The molecule has 0 bridgehead atoms. The van der Waals surface area contributed by atoms with Crippen molar-refractivity contribution in [3.05, 3.63) is 40.1 Å². The molecule has 1 aliphatic heterocycles. The lowest BCUT2D eigenvalue weighted by Crippen LogP contribution is -2.49. The van der Waals surface area contributed by atoms with Crippen LogP contribution in [0.15, 0.2) is 28.7 Å². The van der Waals surface area contributed by atoms with Gasteiger partial charge in [-0.15, -0.1) is 0 Å². The first kappa shape index (κ1) is 17.1. The monoisotopic (exact) mass is 390 g/mol. The molecule has 120 valence electrons. The molecule has 1 aliphatic rings. The van der Waals surface area contributed by atoms with E-state index >= 15 is 0 Å².